The number of nitrogens with one attached hydrogen (secondary N) is 1. The van der Waals surface area contributed by atoms with Crippen molar-refractivity contribution in [3.05, 3.63) is 46.9 Å². The molecule has 0 aliphatic rings. The van der Waals surface area contributed by atoms with Gasteiger partial charge in [0.1, 0.15) is 0 Å². The number of rotatable bonds is 2. The molecule has 21 heavy (non-hydrogen) atoms. The molecule has 0 aliphatic heterocycles. The highest BCUT2D eigenvalue weighted by molar-refractivity contribution is 7.90. The molecule has 7 heteroatoms. The van der Waals surface area contributed by atoms with Gasteiger partial charge < -0.3 is 4.98 Å². The van der Waals surface area contributed by atoms with Gasteiger partial charge in [-0.15, -0.1) is 0 Å². The number of fused-ring (bicyclic) bond motifs is 1. The second-order valence-electron chi connectivity index (χ2n) is 4.86. The normalized spacial score (nSPS) is 11.9. The highest BCUT2D eigenvalue weighted by Gasteiger charge is 2.11. The number of aromatic nitrogens is 3. The van der Waals surface area contributed by atoms with Gasteiger partial charge in [0.2, 0.25) is 0 Å². The highest BCUT2D eigenvalue weighted by Crippen LogP contribution is 2.21. The van der Waals surface area contributed by atoms with Crippen LogP contribution in [0.15, 0.2) is 41.4 Å². The van der Waals surface area contributed by atoms with E-state index in [0.717, 1.165) is 22.4 Å². The fraction of sp³-hybridized carbons (Fsp3) is 0.143. The first-order valence-electron chi connectivity index (χ1n) is 6.25. The van der Waals surface area contributed by atoms with Gasteiger partial charge in [-0.1, -0.05) is 0 Å². The predicted molar refractivity (Wildman–Crippen MR) is 84.1 cm³/mol. The highest BCUT2D eigenvalue weighted by atomic mass is 32.2. The van der Waals surface area contributed by atoms with Crippen molar-refractivity contribution in [2.75, 3.05) is 6.26 Å². The second kappa shape index (κ2) is 4.78. The third-order valence-electron chi connectivity index (χ3n) is 3.31. The molecule has 2 aromatic heterocycles. The van der Waals surface area contributed by atoms with Crippen molar-refractivity contribution in [3.8, 4) is 5.69 Å². The van der Waals surface area contributed by atoms with Crippen molar-refractivity contribution in [1.82, 2.24) is 14.5 Å². The largest absolute Gasteiger partial charge is 0.329 e. The van der Waals surface area contributed by atoms with Gasteiger partial charge in [-0.05, 0) is 55.0 Å². The van der Waals surface area contributed by atoms with E-state index in [9.17, 15) is 8.42 Å². The van der Waals surface area contributed by atoms with E-state index in [1.54, 1.807) is 35.0 Å². The zero-order valence-corrected chi connectivity index (χ0v) is 13.1. The lowest BCUT2D eigenvalue weighted by Crippen LogP contribution is -1.99. The number of sulfone groups is 1. The first-order valence-corrected chi connectivity index (χ1v) is 8.55. The zero-order valence-electron chi connectivity index (χ0n) is 11.5. The Hall–Kier alpha value is -1.99. The molecule has 1 aromatic carbocycles. The van der Waals surface area contributed by atoms with E-state index in [0.29, 0.717) is 4.77 Å². The van der Waals surface area contributed by atoms with Crippen molar-refractivity contribution in [2.45, 2.75) is 11.8 Å². The van der Waals surface area contributed by atoms with E-state index >= 15 is 0 Å². The van der Waals surface area contributed by atoms with E-state index in [2.05, 4.69) is 9.97 Å². The number of hydrogen-bond donors (Lipinski definition) is 1. The summed E-state index contributed by atoms with van der Waals surface area (Å²) in [6.45, 7) is 1.98. The summed E-state index contributed by atoms with van der Waals surface area (Å²) in [7, 11) is -3.21. The number of pyridine rings is 1. The van der Waals surface area contributed by atoms with Crippen LogP contribution < -0.4 is 0 Å². The maximum atomic E-state index is 11.5. The van der Waals surface area contributed by atoms with E-state index in [-0.39, 0.29) is 4.90 Å². The number of H-pyrrole nitrogens is 1. The topological polar surface area (TPSA) is 67.8 Å². The van der Waals surface area contributed by atoms with Gasteiger partial charge >= 0.3 is 0 Å². The summed E-state index contributed by atoms with van der Waals surface area (Å²) < 4.78 is 25.3. The first kappa shape index (κ1) is 14.0. The third-order valence-corrected chi connectivity index (χ3v) is 4.72. The van der Waals surface area contributed by atoms with Gasteiger partial charge in [0.15, 0.2) is 20.3 Å². The number of aryl methyl sites for hydroxylation is 1. The van der Waals surface area contributed by atoms with Crippen LogP contribution in [0.3, 0.4) is 0 Å². The molecule has 1 N–H and O–H groups in total. The maximum absolute atomic E-state index is 11.5. The molecule has 5 nitrogen and oxygen atoms in total. The fourth-order valence-electron chi connectivity index (χ4n) is 2.21. The Morgan fingerprint density at radius 1 is 1.19 bits per heavy atom. The number of imidazole rings is 1. The molecule has 0 saturated carbocycles. The molecule has 3 rings (SSSR count). The van der Waals surface area contributed by atoms with Crippen LogP contribution in [0.1, 0.15) is 5.56 Å². The molecule has 2 heterocycles. The van der Waals surface area contributed by atoms with Gasteiger partial charge in [0.05, 0.1) is 10.4 Å². The molecular weight excluding hydrogens is 306 g/mol. The minimum absolute atomic E-state index is 0.279. The summed E-state index contributed by atoms with van der Waals surface area (Å²) >= 11 is 5.35. The van der Waals surface area contributed by atoms with E-state index in [1.807, 2.05) is 13.0 Å². The van der Waals surface area contributed by atoms with Crippen LogP contribution in [-0.4, -0.2) is 29.2 Å². The zero-order chi connectivity index (χ0) is 15.2. The predicted octanol–water partition coefficient (Wildman–Crippen LogP) is 2.80. The van der Waals surface area contributed by atoms with Crippen LogP contribution in [0.2, 0.25) is 0 Å². The molecule has 0 fully saturated rings. The van der Waals surface area contributed by atoms with Gasteiger partial charge in [0.25, 0.3) is 0 Å². The quantitative estimate of drug-likeness (QED) is 0.738. The lowest BCUT2D eigenvalue weighted by Gasteiger charge is -2.05. The van der Waals surface area contributed by atoms with Crippen LogP contribution in [0.5, 0.6) is 0 Å². The van der Waals surface area contributed by atoms with Crippen molar-refractivity contribution in [3.63, 3.8) is 0 Å². The van der Waals surface area contributed by atoms with Crippen LogP contribution in [0, 0.1) is 11.7 Å². The lowest BCUT2D eigenvalue weighted by molar-refractivity contribution is 0.602. The van der Waals surface area contributed by atoms with E-state index in [1.165, 1.54) is 6.26 Å². The smallest absolute Gasteiger partial charge is 0.184 e. The summed E-state index contributed by atoms with van der Waals surface area (Å²) in [5.41, 5.74) is 3.44. The molecule has 3 aromatic rings. The SMILES string of the molecule is Cc1ccnc2c1[nH]c(=S)n2-c1ccc(S(C)(=O)=O)cc1. The van der Waals surface area contributed by atoms with Gasteiger partial charge in [-0.3, -0.25) is 4.57 Å². The van der Waals surface area contributed by atoms with Crippen LogP contribution in [0.25, 0.3) is 16.9 Å². The molecule has 0 unspecified atom stereocenters. The number of nitrogens with zero attached hydrogens (tertiary/aromatic N) is 2. The Kier molecular flexibility index (Phi) is 3.18. The third kappa shape index (κ3) is 2.38. The number of aromatic amines is 1. The Labute approximate surface area is 127 Å². The minimum atomic E-state index is -3.21. The summed E-state index contributed by atoms with van der Waals surface area (Å²) in [5.74, 6) is 0. The molecule has 108 valence electrons. The Balaban J connectivity index is 2.24. The monoisotopic (exact) mass is 319 g/mol. The molecule has 0 atom stereocenters. The van der Waals surface area contributed by atoms with Crippen LogP contribution in [0.4, 0.5) is 0 Å². The van der Waals surface area contributed by atoms with Crippen molar-refractivity contribution < 1.29 is 8.42 Å². The summed E-state index contributed by atoms with van der Waals surface area (Å²) in [6.07, 6.45) is 2.91. The number of benzene rings is 1. The van der Waals surface area contributed by atoms with Crippen molar-refractivity contribution >= 4 is 33.2 Å². The van der Waals surface area contributed by atoms with E-state index < -0.39 is 9.84 Å². The molecule has 0 saturated heterocycles. The lowest BCUT2D eigenvalue weighted by atomic mass is 10.2. The van der Waals surface area contributed by atoms with Gasteiger partial charge in [-0.2, -0.15) is 0 Å². The van der Waals surface area contributed by atoms with Crippen molar-refractivity contribution in [2.24, 2.45) is 0 Å². The molecule has 0 spiro atoms. The molecule has 0 radical (unpaired) electrons. The molecule has 0 bridgehead atoms. The average molecular weight is 319 g/mol. The Bertz CT molecular complexity index is 983. The van der Waals surface area contributed by atoms with Crippen LogP contribution in [-0.2, 0) is 9.84 Å². The summed E-state index contributed by atoms with van der Waals surface area (Å²) in [4.78, 5) is 7.77. The first-order chi connectivity index (χ1) is 9.88. The average Bonchev–Trinajstić information content (AvgIpc) is 2.76. The van der Waals surface area contributed by atoms with Gasteiger partial charge in [0, 0.05) is 18.1 Å². The summed E-state index contributed by atoms with van der Waals surface area (Å²) in [5, 5.41) is 0. The van der Waals surface area contributed by atoms with Gasteiger partial charge in [-0.25, -0.2) is 13.4 Å². The standard InChI is InChI=1S/C14H13N3O2S2/c1-9-7-8-15-13-12(9)16-14(20)17(13)10-3-5-11(6-4-10)21(2,18)19/h3-8H,1-2H3,(H,16,20). The second-order valence-corrected chi connectivity index (χ2v) is 7.26. The van der Waals surface area contributed by atoms with Crippen molar-refractivity contribution in [1.29, 1.82) is 0 Å². The molecule has 0 amide bonds. The summed E-state index contributed by atoms with van der Waals surface area (Å²) in [6, 6.07) is 8.50. The van der Waals surface area contributed by atoms with E-state index in [4.69, 9.17) is 12.2 Å². The Morgan fingerprint density at radius 3 is 2.48 bits per heavy atom. The van der Waals surface area contributed by atoms with Crippen LogP contribution >= 0.6 is 12.2 Å². The Morgan fingerprint density at radius 2 is 1.86 bits per heavy atom. The molecular formula is C14H13N3O2S2. The molecule has 0 aliphatic carbocycles. The fourth-order valence-corrected chi connectivity index (χ4v) is 3.13. The maximum Gasteiger partial charge on any atom is 0.184 e. The minimum Gasteiger partial charge on any atom is -0.329 e. The number of hydrogen-bond acceptors (Lipinski definition) is 4.